The summed E-state index contributed by atoms with van der Waals surface area (Å²) in [7, 11) is 0. The number of rotatable bonds is 3. The molecule has 0 aliphatic rings. The van der Waals surface area contributed by atoms with Gasteiger partial charge in [-0.15, -0.1) is 0 Å². The third-order valence-corrected chi connectivity index (χ3v) is 3.10. The van der Waals surface area contributed by atoms with Crippen LogP contribution in [0.2, 0.25) is 5.28 Å². The van der Waals surface area contributed by atoms with Crippen LogP contribution in [0.1, 0.15) is 6.92 Å². The third-order valence-electron chi connectivity index (χ3n) is 2.93. The smallest absolute Gasteiger partial charge is 0.324 e. The molecule has 0 unspecified atom stereocenters. The highest BCUT2D eigenvalue weighted by Crippen LogP contribution is 2.22. The summed E-state index contributed by atoms with van der Waals surface area (Å²) in [5.41, 5.74) is 0.166. The van der Waals surface area contributed by atoms with Gasteiger partial charge in [-0.1, -0.05) is 0 Å². The lowest BCUT2D eigenvalue weighted by molar-refractivity contribution is -0.0591. The van der Waals surface area contributed by atoms with Crippen LogP contribution in [0.4, 0.5) is 30.8 Å². The minimum absolute atomic E-state index is 0.0281. The van der Waals surface area contributed by atoms with Crippen molar-refractivity contribution >= 4 is 40.5 Å². The number of aromatic nitrogens is 5. The molecular weight excluding hydrogens is 347 g/mol. The van der Waals surface area contributed by atoms with Gasteiger partial charge in [0.1, 0.15) is 11.4 Å². The number of alkyl halides is 3. The van der Waals surface area contributed by atoms with Crippen molar-refractivity contribution in [1.29, 1.82) is 0 Å². The Morgan fingerprint density at radius 3 is 2.79 bits per heavy atom. The fraction of sp³-hybridized carbons (Fsp3) is 0.154. The maximum Gasteiger partial charge on any atom is 0.429 e. The van der Waals surface area contributed by atoms with E-state index in [2.05, 4.69) is 30.2 Å². The number of halogens is 4. The van der Waals surface area contributed by atoms with E-state index in [0.29, 0.717) is 11.3 Å². The number of nitrogens with zero attached hydrogens (tertiary/aromatic N) is 6. The highest BCUT2D eigenvalue weighted by atomic mass is 35.5. The summed E-state index contributed by atoms with van der Waals surface area (Å²) in [6.45, 7) is 0.816. The van der Waals surface area contributed by atoms with E-state index in [9.17, 15) is 13.2 Å². The second-order valence-corrected chi connectivity index (χ2v) is 4.99. The molecule has 0 saturated carbocycles. The van der Waals surface area contributed by atoms with Gasteiger partial charge in [-0.05, 0) is 24.6 Å². The Kier molecular flexibility index (Phi) is 4.06. The van der Waals surface area contributed by atoms with Gasteiger partial charge in [-0.2, -0.15) is 28.1 Å². The normalized spacial score (nSPS) is 12.6. The number of anilines is 2. The van der Waals surface area contributed by atoms with Crippen LogP contribution in [0.5, 0.6) is 0 Å². The van der Waals surface area contributed by atoms with Crippen LogP contribution in [-0.2, 0) is 0 Å². The van der Waals surface area contributed by atoms with E-state index in [0.717, 1.165) is 6.92 Å². The van der Waals surface area contributed by atoms with E-state index in [1.807, 2.05) is 0 Å². The quantitative estimate of drug-likeness (QED) is 0.726. The van der Waals surface area contributed by atoms with Crippen LogP contribution in [0.25, 0.3) is 5.65 Å². The van der Waals surface area contributed by atoms with Gasteiger partial charge in [-0.25, -0.2) is 9.98 Å². The zero-order valence-electron chi connectivity index (χ0n) is 12.1. The predicted molar refractivity (Wildman–Crippen MR) is 82.1 cm³/mol. The predicted octanol–water partition coefficient (Wildman–Crippen LogP) is 3.57. The Balaban J connectivity index is 1.91. The van der Waals surface area contributed by atoms with Crippen LogP contribution >= 0.6 is 11.6 Å². The third kappa shape index (κ3) is 3.59. The van der Waals surface area contributed by atoms with Gasteiger partial charge >= 0.3 is 6.18 Å². The average Bonchev–Trinajstić information content (AvgIpc) is 2.93. The van der Waals surface area contributed by atoms with Crippen LogP contribution in [0.15, 0.2) is 35.7 Å². The molecular formula is C13H9ClF3N7. The van der Waals surface area contributed by atoms with Gasteiger partial charge in [0.25, 0.3) is 5.95 Å². The number of fused-ring (bicyclic) bond motifs is 1. The van der Waals surface area contributed by atoms with Crippen molar-refractivity contribution in [3.05, 3.63) is 36.0 Å². The monoisotopic (exact) mass is 355 g/mol. The number of aliphatic imine (C=N–C) groups is 1. The minimum atomic E-state index is -4.57. The molecule has 0 fully saturated rings. The van der Waals surface area contributed by atoms with E-state index in [4.69, 9.17) is 11.6 Å². The van der Waals surface area contributed by atoms with Crippen molar-refractivity contribution in [2.24, 2.45) is 4.99 Å². The molecule has 3 aromatic rings. The number of hydrogen-bond donors (Lipinski definition) is 1. The Morgan fingerprint density at radius 2 is 2.04 bits per heavy atom. The first kappa shape index (κ1) is 16.1. The molecule has 0 bridgehead atoms. The van der Waals surface area contributed by atoms with Gasteiger partial charge in [0.05, 0.1) is 0 Å². The van der Waals surface area contributed by atoms with Crippen molar-refractivity contribution in [2.75, 3.05) is 5.32 Å². The summed E-state index contributed by atoms with van der Waals surface area (Å²) in [6, 6.07) is 3.43. The molecule has 0 amide bonds. The SMILES string of the molecule is CC(=Nc1nc(Cl)nc(Nc2ccn3ccnc3c2)n1)C(F)(F)F. The maximum atomic E-state index is 12.5. The molecule has 11 heteroatoms. The van der Waals surface area contributed by atoms with E-state index in [1.54, 1.807) is 35.1 Å². The van der Waals surface area contributed by atoms with E-state index in [1.165, 1.54) is 0 Å². The Labute approximate surface area is 138 Å². The van der Waals surface area contributed by atoms with Crippen molar-refractivity contribution < 1.29 is 13.2 Å². The van der Waals surface area contributed by atoms with Crippen molar-refractivity contribution in [1.82, 2.24) is 24.3 Å². The summed E-state index contributed by atoms with van der Waals surface area (Å²) >= 11 is 5.72. The fourth-order valence-electron chi connectivity index (χ4n) is 1.78. The lowest BCUT2D eigenvalue weighted by Gasteiger charge is -2.07. The Morgan fingerprint density at radius 1 is 1.25 bits per heavy atom. The van der Waals surface area contributed by atoms with Gasteiger partial charge in [0.15, 0.2) is 0 Å². The van der Waals surface area contributed by atoms with Crippen molar-refractivity contribution in [3.8, 4) is 0 Å². The van der Waals surface area contributed by atoms with Crippen LogP contribution < -0.4 is 5.32 Å². The van der Waals surface area contributed by atoms with Gasteiger partial charge in [-0.3, -0.25) is 0 Å². The second kappa shape index (κ2) is 6.04. The number of imidazole rings is 1. The van der Waals surface area contributed by atoms with Crippen LogP contribution in [0.3, 0.4) is 0 Å². The standard InChI is InChI=1S/C13H9ClF3N7/c1-7(13(15,16)17)19-11-21-10(14)22-12(23-11)20-8-2-4-24-5-3-18-9(24)6-8/h2-6H,1H3,(H,20,21,22,23). The molecule has 3 rings (SSSR count). The molecule has 0 aliphatic carbocycles. The van der Waals surface area contributed by atoms with Gasteiger partial charge in [0, 0.05) is 30.3 Å². The molecule has 3 aromatic heterocycles. The molecule has 7 nitrogen and oxygen atoms in total. The second-order valence-electron chi connectivity index (χ2n) is 4.66. The summed E-state index contributed by atoms with van der Waals surface area (Å²) in [4.78, 5) is 18.7. The topological polar surface area (TPSA) is 80.4 Å². The molecule has 3 heterocycles. The number of pyridine rings is 1. The Hall–Kier alpha value is -2.75. The summed E-state index contributed by atoms with van der Waals surface area (Å²) in [5.74, 6) is -0.464. The molecule has 124 valence electrons. The summed E-state index contributed by atoms with van der Waals surface area (Å²) in [5, 5.41) is 2.55. The minimum Gasteiger partial charge on any atom is -0.324 e. The van der Waals surface area contributed by atoms with E-state index in [-0.39, 0.29) is 11.2 Å². The first-order valence-corrected chi connectivity index (χ1v) is 6.93. The van der Waals surface area contributed by atoms with Crippen molar-refractivity contribution in [3.63, 3.8) is 0 Å². The average molecular weight is 356 g/mol. The largest absolute Gasteiger partial charge is 0.429 e. The molecule has 0 radical (unpaired) electrons. The van der Waals surface area contributed by atoms with Crippen molar-refractivity contribution in [2.45, 2.75) is 13.1 Å². The molecule has 0 aromatic carbocycles. The zero-order chi connectivity index (χ0) is 17.3. The maximum absolute atomic E-state index is 12.5. The molecule has 0 aliphatic heterocycles. The van der Waals surface area contributed by atoms with E-state index >= 15 is 0 Å². The van der Waals surface area contributed by atoms with Crippen LogP contribution in [0, 0.1) is 0 Å². The van der Waals surface area contributed by atoms with Crippen LogP contribution in [-0.4, -0.2) is 36.2 Å². The number of nitrogens with one attached hydrogen (secondary N) is 1. The molecule has 0 atom stereocenters. The molecule has 0 spiro atoms. The molecule has 24 heavy (non-hydrogen) atoms. The molecule has 1 N–H and O–H groups in total. The summed E-state index contributed by atoms with van der Waals surface area (Å²) < 4.78 is 39.4. The number of hydrogen-bond acceptors (Lipinski definition) is 6. The van der Waals surface area contributed by atoms with Gasteiger partial charge in [0.2, 0.25) is 11.2 Å². The Bertz CT molecular complexity index is 919. The van der Waals surface area contributed by atoms with Gasteiger partial charge < -0.3 is 9.72 Å². The first-order valence-electron chi connectivity index (χ1n) is 6.55. The highest BCUT2D eigenvalue weighted by Gasteiger charge is 2.32. The highest BCUT2D eigenvalue weighted by molar-refractivity contribution is 6.28. The summed E-state index contributed by atoms with van der Waals surface area (Å²) in [6.07, 6.45) is 0.579. The fourth-order valence-corrected chi connectivity index (χ4v) is 1.93. The lowest BCUT2D eigenvalue weighted by Crippen LogP contribution is -2.19. The zero-order valence-corrected chi connectivity index (χ0v) is 12.8. The van der Waals surface area contributed by atoms with E-state index < -0.39 is 17.8 Å². The lowest BCUT2D eigenvalue weighted by atomic mass is 10.4. The molecule has 0 saturated heterocycles. The first-order chi connectivity index (χ1) is 11.3.